The molecule has 1 aliphatic rings. The first-order valence-corrected chi connectivity index (χ1v) is 5.76. The lowest BCUT2D eigenvalue weighted by Crippen LogP contribution is -2.13. The predicted molar refractivity (Wildman–Crippen MR) is 69.3 cm³/mol. The maximum Gasteiger partial charge on any atom is 0.0731 e. The molecule has 1 saturated heterocycles. The van der Waals surface area contributed by atoms with Crippen LogP contribution in [0.4, 0.5) is 0 Å². The molecule has 1 N–H and O–H groups in total. The minimum Gasteiger partial charge on any atom is -0.376 e. The Morgan fingerprint density at radius 3 is 2.88 bits per heavy atom. The largest absolute Gasteiger partial charge is 0.376 e. The van der Waals surface area contributed by atoms with E-state index in [9.17, 15) is 0 Å². The summed E-state index contributed by atoms with van der Waals surface area (Å²) in [6, 6.07) is 7.83. The highest BCUT2D eigenvalue weighted by molar-refractivity contribution is 6.31. The summed E-state index contributed by atoms with van der Waals surface area (Å²) in [6.45, 7) is 3.66. The minimum atomic E-state index is 0. The standard InChI is InChI=1S/C12H16ClNO.ClH/c13-12-4-2-1-3-11(12)9-15-8-10-5-6-14-7-10;/h1-4,10,14H,5-9H2;1H. The zero-order chi connectivity index (χ0) is 10.5. The van der Waals surface area contributed by atoms with Crippen LogP contribution in [0.25, 0.3) is 0 Å². The van der Waals surface area contributed by atoms with E-state index in [0.717, 1.165) is 30.3 Å². The summed E-state index contributed by atoms with van der Waals surface area (Å²) in [5, 5.41) is 4.12. The van der Waals surface area contributed by atoms with E-state index in [1.165, 1.54) is 6.42 Å². The Labute approximate surface area is 108 Å². The number of nitrogens with one attached hydrogen (secondary N) is 1. The van der Waals surface area contributed by atoms with Crippen LogP contribution in [0.5, 0.6) is 0 Å². The topological polar surface area (TPSA) is 21.3 Å². The quantitative estimate of drug-likeness (QED) is 0.900. The fraction of sp³-hybridized carbons (Fsp3) is 0.500. The van der Waals surface area contributed by atoms with Crippen molar-refractivity contribution in [3.8, 4) is 0 Å². The number of halogens is 2. The summed E-state index contributed by atoms with van der Waals surface area (Å²) in [4.78, 5) is 0. The van der Waals surface area contributed by atoms with Crippen molar-refractivity contribution in [2.24, 2.45) is 5.92 Å². The molecule has 16 heavy (non-hydrogen) atoms. The van der Waals surface area contributed by atoms with Gasteiger partial charge in [0.25, 0.3) is 0 Å². The molecule has 0 saturated carbocycles. The normalized spacial score (nSPS) is 19.4. The van der Waals surface area contributed by atoms with Gasteiger partial charge in [-0.05, 0) is 30.5 Å². The summed E-state index contributed by atoms with van der Waals surface area (Å²) in [7, 11) is 0. The third-order valence-corrected chi connectivity index (χ3v) is 3.10. The van der Waals surface area contributed by atoms with E-state index in [4.69, 9.17) is 16.3 Å². The third-order valence-electron chi connectivity index (χ3n) is 2.73. The van der Waals surface area contributed by atoms with Gasteiger partial charge in [0.1, 0.15) is 0 Å². The second-order valence-corrected chi connectivity index (χ2v) is 4.37. The first-order chi connectivity index (χ1) is 7.36. The van der Waals surface area contributed by atoms with Crippen LogP contribution in [-0.2, 0) is 11.3 Å². The van der Waals surface area contributed by atoms with Crippen molar-refractivity contribution < 1.29 is 4.74 Å². The van der Waals surface area contributed by atoms with Crippen molar-refractivity contribution in [2.75, 3.05) is 19.7 Å². The van der Waals surface area contributed by atoms with Gasteiger partial charge in [-0.25, -0.2) is 0 Å². The van der Waals surface area contributed by atoms with E-state index in [0.29, 0.717) is 12.5 Å². The summed E-state index contributed by atoms with van der Waals surface area (Å²) in [5.41, 5.74) is 1.07. The molecular formula is C12H17Cl2NO. The molecule has 0 spiro atoms. The molecule has 1 aromatic rings. The van der Waals surface area contributed by atoms with Gasteiger partial charge in [-0.3, -0.25) is 0 Å². The van der Waals surface area contributed by atoms with E-state index < -0.39 is 0 Å². The van der Waals surface area contributed by atoms with Crippen LogP contribution in [0.15, 0.2) is 24.3 Å². The zero-order valence-electron chi connectivity index (χ0n) is 9.12. The van der Waals surface area contributed by atoms with Crippen LogP contribution in [0.1, 0.15) is 12.0 Å². The molecule has 1 unspecified atom stereocenters. The van der Waals surface area contributed by atoms with Gasteiger partial charge in [0.15, 0.2) is 0 Å². The average molecular weight is 262 g/mol. The fourth-order valence-electron chi connectivity index (χ4n) is 1.81. The van der Waals surface area contributed by atoms with Crippen molar-refractivity contribution in [3.05, 3.63) is 34.9 Å². The molecule has 4 heteroatoms. The number of rotatable bonds is 4. The Bertz CT molecular complexity index is 314. The Kier molecular flexibility index (Phi) is 6.14. The zero-order valence-corrected chi connectivity index (χ0v) is 10.7. The minimum absolute atomic E-state index is 0. The van der Waals surface area contributed by atoms with Crippen LogP contribution in [0.3, 0.4) is 0 Å². The second-order valence-electron chi connectivity index (χ2n) is 3.97. The van der Waals surface area contributed by atoms with E-state index >= 15 is 0 Å². The summed E-state index contributed by atoms with van der Waals surface area (Å²) >= 11 is 6.03. The maximum atomic E-state index is 6.03. The molecule has 1 heterocycles. The van der Waals surface area contributed by atoms with Crippen LogP contribution in [0, 0.1) is 5.92 Å². The number of hydrogen-bond acceptors (Lipinski definition) is 2. The first-order valence-electron chi connectivity index (χ1n) is 5.38. The molecule has 0 bridgehead atoms. The van der Waals surface area contributed by atoms with Gasteiger partial charge in [-0.1, -0.05) is 29.8 Å². The lowest BCUT2D eigenvalue weighted by atomic mass is 10.1. The lowest BCUT2D eigenvalue weighted by molar-refractivity contribution is 0.0925. The number of benzene rings is 1. The SMILES string of the molecule is Cl.Clc1ccccc1COCC1CCNC1. The molecule has 1 aliphatic heterocycles. The van der Waals surface area contributed by atoms with Crippen LogP contribution < -0.4 is 5.32 Å². The molecule has 1 fully saturated rings. The Hall–Kier alpha value is -0.280. The fourth-order valence-corrected chi connectivity index (χ4v) is 2.00. The van der Waals surface area contributed by atoms with Gasteiger partial charge in [0.05, 0.1) is 13.2 Å². The first kappa shape index (κ1) is 13.8. The van der Waals surface area contributed by atoms with Crippen molar-refractivity contribution >= 4 is 24.0 Å². The van der Waals surface area contributed by atoms with Crippen molar-refractivity contribution in [1.29, 1.82) is 0 Å². The van der Waals surface area contributed by atoms with Gasteiger partial charge in [0.2, 0.25) is 0 Å². The molecule has 1 atom stereocenters. The summed E-state index contributed by atoms with van der Waals surface area (Å²) in [5.74, 6) is 0.674. The van der Waals surface area contributed by atoms with Crippen LogP contribution in [-0.4, -0.2) is 19.7 Å². The van der Waals surface area contributed by atoms with Crippen molar-refractivity contribution in [1.82, 2.24) is 5.32 Å². The molecule has 0 radical (unpaired) electrons. The highest BCUT2D eigenvalue weighted by atomic mass is 35.5. The second kappa shape index (κ2) is 7.13. The van der Waals surface area contributed by atoms with E-state index in [1.54, 1.807) is 0 Å². The molecule has 1 aromatic carbocycles. The summed E-state index contributed by atoms with van der Waals surface area (Å²) in [6.07, 6.45) is 1.22. The monoisotopic (exact) mass is 261 g/mol. The Balaban J connectivity index is 0.00000128. The van der Waals surface area contributed by atoms with Gasteiger partial charge in [-0.15, -0.1) is 12.4 Å². The average Bonchev–Trinajstić information content (AvgIpc) is 2.74. The molecule has 2 rings (SSSR count). The lowest BCUT2D eigenvalue weighted by Gasteiger charge is -2.10. The highest BCUT2D eigenvalue weighted by Gasteiger charge is 2.14. The maximum absolute atomic E-state index is 6.03. The van der Waals surface area contributed by atoms with Crippen LogP contribution >= 0.6 is 24.0 Å². The molecular weight excluding hydrogens is 245 g/mol. The van der Waals surface area contributed by atoms with E-state index in [-0.39, 0.29) is 12.4 Å². The van der Waals surface area contributed by atoms with Crippen LogP contribution in [0.2, 0.25) is 5.02 Å². The molecule has 0 aliphatic carbocycles. The molecule has 0 amide bonds. The number of ether oxygens (including phenoxy) is 1. The van der Waals surface area contributed by atoms with Gasteiger partial charge in [0, 0.05) is 11.6 Å². The molecule has 90 valence electrons. The van der Waals surface area contributed by atoms with E-state index in [1.807, 2.05) is 24.3 Å². The van der Waals surface area contributed by atoms with Gasteiger partial charge in [-0.2, -0.15) is 0 Å². The highest BCUT2D eigenvalue weighted by Crippen LogP contribution is 2.16. The summed E-state index contributed by atoms with van der Waals surface area (Å²) < 4.78 is 5.66. The number of hydrogen-bond donors (Lipinski definition) is 1. The van der Waals surface area contributed by atoms with Gasteiger partial charge >= 0.3 is 0 Å². The molecule has 0 aromatic heterocycles. The van der Waals surface area contributed by atoms with Crippen molar-refractivity contribution in [2.45, 2.75) is 13.0 Å². The molecule has 2 nitrogen and oxygen atoms in total. The van der Waals surface area contributed by atoms with Gasteiger partial charge < -0.3 is 10.1 Å². The third kappa shape index (κ3) is 3.95. The predicted octanol–water partition coefficient (Wildman–Crippen LogP) is 2.89. The smallest absolute Gasteiger partial charge is 0.0731 e. The Morgan fingerprint density at radius 2 is 2.19 bits per heavy atom. The Morgan fingerprint density at radius 1 is 1.38 bits per heavy atom. The van der Waals surface area contributed by atoms with E-state index in [2.05, 4.69) is 5.32 Å². The van der Waals surface area contributed by atoms with Crippen molar-refractivity contribution in [3.63, 3.8) is 0 Å².